The minimum Gasteiger partial charge on any atom is -0.450 e. The summed E-state index contributed by atoms with van der Waals surface area (Å²) in [6.07, 6.45) is -3.65. The molecule has 148 valence electrons. The molecule has 0 radical (unpaired) electrons. The Morgan fingerprint density at radius 2 is 1.79 bits per heavy atom. The number of benzene rings is 1. The van der Waals surface area contributed by atoms with E-state index in [1.165, 1.54) is 6.07 Å². The lowest BCUT2D eigenvalue weighted by Crippen LogP contribution is -2.29. The van der Waals surface area contributed by atoms with Gasteiger partial charge in [-0.05, 0) is 44.0 Å². The Morgan fingerprint density at radius 3 is 2.39 bits per heavy atom. The SMILES string of the molecule is Cc1ccc(C)c2c(C)c(C(=O)NCCNc3ccc(C(F)(F)F)cn3)oc12. The van der Waals surface area contributed by atoms with E-state index in [0.29, 0.717) is 17.9 Å². The zero-order valence-electron chi connectivity index (χ0n) is 15.7. The Hall–Kier alpha value is -3.03. The van der Waals surface area contributed by atoms with Crippen LogP contribution in [0.25, 0.3) is 11.0 Å². The van der Waals surface area contributed by atoms with Gasteiger partial charge in [-0.2, -0.15) is 13.2 Å². The molecule has 0 aliphatic carbocycles. The fourth-order valence-electron chi connectivity index (χ4n) is 3.00. The van der Waals surface area contributed by atoms with Crippen LogP contribution in [0.15, 0.2) is 34.9 Å². The van der Waals surface area contributed by atoms with Crippen LogP contribution in [0.3, 0.4) is 0 Å². The number of aryl methyl sites for hydroxylation is 3. The summed E-state index contributed by atoms with van der Waals surface area (Å²) in [6, 6.07) is 6.14. The zero-order valence-corrected chi connectivity index (χ0v) is 15.7. The van der Waals surface area contributed by atoms with Crippen LogP contribution in [0.2, 0.25) is 0 Å². The molecule has 28 heavy (non-hydrogen) atoms. The first-order valence-corrected chi connectivity index (χ1v) is 8.73. The van der Waals surface area contributed by atoms with E-state index >= 15 is 0 Å². The van der Waals surface area contributed by atoms with E-state index < -0.39 is 11.7 Å². The van der Waals surface area contributed by atoms with E-state index in [0.717, 1.165) is 34.3 Å². The van der Waals surface area contributed by atoms with Crippen molar-refractivity contribution in [2.75, 3.05) is 18.4 Å². The van der Waals surface area contributed by atoms with Gasteiger partial charge >= 0.3 is 6.18 Å². The molecule has 2 N–H and O–H groups in total. The third-order valence-electron chi connectivity index (χ3n) is 4.50. The minimum atomic E-state index is -4.42. The molecule has 2 heterocycles. The summed E-state index contributed by atoms with van der Waals surface area (Å²) < 4.78 is 43.3. The summed E-state index contributed by atoms with van der Waals surface area (Å²) in [5.41, 5.74) is 2.67. The molecule has 1 aromatic carbocycles. The van der Waals surface area contributed by atoms with Gasteiger partial charge in [0.25, 0.3) is 5.91 Å². The Morgan fingerprint density at radius 1 is 1.07 bits per heavy atom. The maximum atomic E-state index is 12.5. The Labute approximate surface area is 159 Å². The number of rotatable bonds is 5. The lowest BCUT2D eigenvalue weighted by atomic mass is 10.0. The largest absolute Gasteiger partial charge is 0.450 e. The van der Waals surface area contributed by atoms with Crippen molar-refractivity contribution in [1.29, 1.82) is 0 Å². The van der Waals surface area contributed by atoms with Gasteiger partial charge in [0.1, 0.15) is 11.4 Å². The highest BCUT2D eigenvalue weighted by Gasteiger charge is 2.30. The fourth-order valence-corrected chi connectivity index (χ4v) is 3.00. The number of nitrogens with one attached hydrogen (secondary N) is 2. The van der Waals surface area contributed by atoms with Gasteiger partial charge in [0, 0.05) is 30.2 Å². The van der Waals surface area contributed by atoms with Crippen LogP contribution in [0, 0.1) is 20.8 Å². The second kappa shape index (κ2) is 7.53. The summed E-state index contributed by atoms with van der Waals surface area (Å²) in [6.45, 7) is 6.30. The number of aromatic nitrogens is 1. The number of carbonyl (C=O) groups excluding carboxylic acids is 1. The van der Waals surface area contributed by atoms with Gasteiger partial charge in [0.15, 0.2) is 5.76 Å². The highest BCUT2D eigenvalue weighted by molar-refractivity contribution is 6.00. The van der Waals surface area contributed by atoms with Crippen LogP contribution in [0.1, 0.15) is 32.8 Å². The van der Waals surface area contributed by atoms with Crippen LogP contribution in [-0.4, -0.2) is 24.0 Å². The van der Waals surface area contributed by atoms with Crippen molar-refractivity contribution >= 4 is 22.7 Å². The monoisotopic (exact) mass is 391 g/mol. The topological polar surface area (TPSA) is 67.2 Å². The lowest BCUT2D eigenvalue weighted by Gasteiger charge is -2.09. The minimum absolute atomic E-state index is 0.260. The average Bonchev–Trinajstić information content (AvgIpc) is 3.00. The molecule has 0 unspecified atom stereocenters. The predicted octanol–water partition coefficient (Wildman–Crippen LogP) is 4.61. The summed E-state index contributed by atoms with van der Waals surface area (Å²) in [5.74, 6) is 0.225. The smallest absolute Gasteiger partial charge is 0.417 e. The molecule has 0 fully saturated rings. The number of anilines is 1. The van der Waals surface area contributed by atoms with Gasteiger partial charge in [0.05, 0.1) is 5.56 Å². The molecule has 8 heteroatoms. The molecule has 0 spiro atoms. The van der Waals surface area contributed by atoms with Crippen molar-refractivity contribution in [2.24, 2.45) is 0 Å². The normalized spacial score (nSPS) is 11.6. The Kier molecular flexibility index (Phi) is 5.31. The third kappa shape index (κ3) is 3.95. The van der Waals surface area contributed by atoms with E-state index in [9.17, 15) is 18.0 Å². The molecular weight excluding hydrogens is 371 g/mol. The molecule has 1 amide bonds. The molecule has 0 saturated carbocycles. The molecule has 3 rings (SSSR count). The number of amides is 1. The highest BCUT2D eigenvalue weighted by atomic mass is 19.4. The molecule has 0 aliphatic heterocycles. The second-order valence-corrected chi connectivity index (χ2v) is 6.57. The number of furan rings is 1. The summed E-state index contributed by atoms with van der Waals surface area (Å²) >= 11 is 0. The number of hydrogen-bond acceptors (Lipinski definition) is 4. The van der Waals surface area contributed by atoms with Crippen LogP contribution >= 0.6 is 0 Å². The van der Waals surface area contributed by atoms with Crippen LogP contribution in [0.5, 0.6) is 0 Å². The fraction of sp³-hybridized carbons (Fsp3) is 0.300. The first-order valence-electron chi connectivity index (χ1n) is 8.73. The summed E-state index contributed by atoms with van der Waals surface area (Å²) in [4.78, 5) is 16.2. The van der Waals surface area contributed by atoms with E-state index in [4.69, 9.17) is 4.42 Å². The van der Waals surface area contributed by atoms with E-state index in [-0.39, 0.29) is 18.2 Å². The number of alkyl halides is 3. The number of halogens is 3. The molecule has 5 nitrogen and oxygen atoms in total. The van der Waals surface area contributed by atoms with E-state index in [1.807, 2.05) is 32.9 Å². The molecule has 0 aliphatic rings. The van der Waals surface area contributed by atoms with Gasteiger partial charge < -0.3 is 15.1 Å². The van der Waals surface area contributed by atoms with Crippen molar-refractivity contribution in [3.05, 3.63) is 58.5 Å². The number of nitrogens with zero attached hydrogens (tertiary/aromatic N) is 1. The summed E-state index contributed by atoms with van der Waals surface area (Å²) in [5, 5.41) is 6.55. The Balaban J connectivity index is 1.59. The standard InChI is InChI=1S/C20H20F3N3O2/c1-11-4-5-12(2)17-16(11)13(3)18(28-17)19(27)25-9-8-24-15-7-6-14(10-26-15)20(21,22)23/h4-7,10H,8-9H2,1-3H3,(H,24,26)(H,25,27). The molecule has 0 atom stereocenters. The lowest BCUT2D eigenvalue weighted by molar-refractivity contribution is -0.137. The first kappa shape index (κ1) is 19.7. The molecule has 2 aromatic heterocycles. The van der Waals surface area contributed by atoms with Gasteiger partial charge in [-0.25, -0.2) is 4.98 Å². The van der Waals surface area contributed by atoms with Crippen molar-refractivity contribution in [3.63, 3.8) is 0 Å². The third-order valence-corrected chi connectivity index (χ3v) is 4.50. The number of fused-ring (bicyclic) bond motifs is 1. The summed E-state index contributed by atoms with van der Waals surface area (Å²) in [7, 11) is 0. The van der Waals surface area contributed by atoms with E-state index in [1.54, 1.807) is 0 Å². The maximum Gasteiger partial charge on any atom is 0.417 e. The maximum absolute atomic E-state index is 12.5. The van der Waals surface area contributed by atoms with Crippen LogP contribution < -0.4 is 10.6 Å². The number of carbonyl (C=O) groups is 1. The molecule has 0 bridgehead atoms. The highest BCUT2D eigenvalue weighted by Crippen LogP contribution is 2.30. The van der Waals surface area contributed by atoms with Crippen molar-refractivity contribution in [3.8, 4) is 0 Å². The van der Waals surface area contributed by atoms with Gasteiger partial charge in [-0.15, -0.1) is 0 Å². The number of hydrogen-bond donors (Lipinski definition) is 2. The van der Waals surface area contributed by atoms with Crippen LogP contribution in [-0.2, 0) is 6.18 Å². The van der Waals surface area contributed by atoms with Crippen molar-refractivity contribution < 1.29 is 22.4 Å². The average molecular weight is 391 g/mol. The second-order valence-electron chi connectivity index (χ2n) is 6.57. The molecule has 3 aromatic rings. The van der Waals surface area contributed by atoms with Gasteiger partial charge in [-0.1, -0.05) is 12.1 Å². The predicted molar refractivity (Wildman–Crippen MR) is 100 cm³/mol. The van der Waals surface area contributed by atoms with Crippen molar-refractivity contribution in [1.82, 2.24) is 10.3 Å². The zero-order chi connectivity index (χ0) is 20.5. The van der Waals surface area contributed by atoms with Crippen LogP contribution in [0.4, 0.5) is 19.0 Å². The quantitative estimate of drug-likeness (QED) is 0.623. The molecule has 0 saturated heterocycles. The Bertz CT molecular complexity index is 1010. The van der Waals surface area contributed by atoms with E-state index in [2.05, 4.69) is 15.6 Å². The van der Waals surface area contributed by atoms with Crippen molar-refractivity contribution in [2.45, 2.75) is 26.9 Å². The van der Waals surface area contributed by atoms with Gasteiger partial charge in [0.2, 0.25) is 0 Å². The molecular formula is C20H20F3N3O2. The first-order chi connectivity index (χ1) is 13.2. The number of pyridine rings is 1. The van der Waals surface area contributed by atoms with Gasteiger partial charge in [-0.3, -0.25) is 4.79 Å².